The highest BCUT2D eigenvalue weighted by Crippen LogP contribution is 2.09. The zero-order valence-electron chi connectivity index (χ0n) is 6.89. The van der Waals surface area contributed by atoms with Crippen molar-refractivity contribution in [2.45, 2.75) is 26.7 Å². The van der Waals surface area contributed by atoms with Crippen molar-refractivity contribution in [3.8, 4) is 0 Å². The van der Waals surface area contributed by atoms with Crippen molar-refractivity contribution < 1.29 is 9.21 Å². The highest BCUT2D eigenvalue weighted by Gasteiger charge is 2.06. The van der Waals surface area contributed by atoms with E-state index in [0.717, 1.165) is 12.2 Å². The molecule has 0 radical (unpaired) electrons. The second-order valence-corrected chi connectivity index (χ2v) is 2.62. The lowest BCUT2D eigenvalue weighted by molar-refractivity contribution is 0.0981. The average molecular weight is 152 g/mol. The van der Waals surface area contributed by atoms with Crippen molar-refractivity contribution in [3.63, 3.8) is 0 Å². The predicted molar refractivity (Wildman–Crippen MR) is 42.7 cm³/mol. The van der Waals surface area contributed by atoms with Gasteiger partial charge in [0.2, 0.25) is 0 Å². The molecule has 0 bridgehead atoms. The molecule has 0 aliphatic carbocycles. The average Bonchev–Trinajstić information content (AvgIpc) is 2.36. The molecule has 2 nitrogen and oxygen atoms in total. The SMILES string of the molecule is CCCC(=O)c1coc(C)c1. The lowest BCUT2D eigenvalue weighted by Crippen LogP contribution is -1.94. The van der Waals surface area contributed by atoms with Crippen molar-refractivity contribution in [2.75, 3.05) is 0 Å². The van der Waals surface area contributed by atoms with Gasteiger partial charge in [0.25, 0.3) is 0 Å². The van der Waals surface area contributed by atoms with E-state index in [-0.39, 0.29) is 5.78 Å². The summed E-state index contributed by atoms with van der Waals surface area (Å²) in [5.74, 6) is 0.966. The Kier molecular flexibility index (Phi) is 2.47. The number of furan rings is 1. The van der Waals surface area contributed by atoms with Crippen LogP contribution in [0.2, 0.25) is 0 Å². The van der Waals surface area contributed by atoms with Crippen molar-refractivity contribution in [3.05, 3.63) is 23.7 Å². The standard InChI is InChI=1S/C9H12O2/c1-3-4-9(10)8-5-7(2)11-6-8/h5-6H,3-4H2,1-2H3. The zero-order valence-corrected chi connectivity index (χ0v) is 6.89. The van der Waals surface area contributed by atoms with E-state index in [4.69, 9.17) is 4.42 Å². The number of rotatable bonds is 3. The molecule has 60 valence electrons. The summed E-state index contributed by atoms with van der Waals surface area (Å²) in [7, 11) is 0. The molecule has 0 fully saturated rings. The molecule has 0 amide bonds. The van der Waals surface area contributed by atoms with Gasteiger partial charge in [-0.05, 0) is 19.4 Å². The van der Waals surface area contributed by atoms with Gasteiger partial charge in [0, 0.05) is 6.42 Å². The van der Waals surface area contributed by atoms with E-state index in [0.29, 0.717) is 12.0 Å². The Balaban J connectivity index is 2.69. The van der Waals surface area contributed by atoms with Crippen LogP contribution in [0.15, 0.2) is 16.7 Å². The van der Waals surface area contributed by atoms with Crippen LogP contribution in [0, 0.1) is 6.92 Å². The molecule has 0 unspecified atom stereocenters. The first-order valence-corrected chi connectivity index (χ1v) is 3.82. The molecule has 0 saturated heterocycles. The van der Waals surface area contributed by atoms with E-state index >= 15 is 0 Å². The number of hydrogen-bond acceptors (Lipinski definition) is 2. The molecule has 0 atom stereocenters. The maximum Gasteiger partial charge on any atom is 0.166 e. The molecule has 0 aromatic carbocycles. The molecule has 0 N–H and O–H groups in total. The first-order valence-electron chi connectivity index (χ1n) is 3.82. The van der Waals surface area contributed by atoms with Crippen LogP contribution in [0.3, 0.4) is 0 Å². The van der Waals surface area contributed by atoms with Gasteiger partial charge in [-0.15, -0.1) is 0 Å². The van der Waals surface area contributed by atoms with Gasteiger partial charge in [0.05, 0.1) is 5.56 Å². The van der Waals surface area contributed by atoms with Crippen LogP contribution in [-0.2, 0) is 0 Å². The number of aryl methyl sites for hydroxylation is 1. The Labute approximate surface area is 66.2 Å². The van der Waals surface area contributed by atoms with Gasteiger partial charge in [0.15, 0.2) is 5.78 Å². The highest BCUT2D eigenvalue weighted by atomic mass is 16.3. The third-order valence-electron chi connectivity index (χ3n) is 1.53. The van der Waals surface area contributed by atoms with Crippen molar-refractivity contribution in [1.29, 1.82) is 0 Å². The van der Waals surface area contributed by atoms with Crippen molar-refractivity contribution in [1.82, 2.24) is 0 Å². The van der Waals surface area contributed by atoms with Crippen LogP contribution in [0.25, 0.3) is 0 Å². The predicted octanol–water partition coefficient (Wildman–Crippen LogP) is 2.57. The number of carbonyl (C=O) groups is 1. The summed E-state index contributed by atoms with van der Waals surface area (Å²) >= 11 is 0. The first kappa shape index (κ1) is 8.05. The van der Waals surface area contributed by atoms with Crippen LogP contribution >= 0.6 is 0 Å². The third-order valence-corrected chi connectivity index (χ3v) is 1.53. The van der Waals surface area contributed by atoms with Crippen LogP contribution in [-0.4, -0.2) is 5.78 Å². The molecule has 1 rings (SSSR count). The van der Waals surface area contributed by atoms with Gasteiger partial charge in [0.1, 0.15) is 12.0 Å². The topological polar surface area (TPSA) is 30.2 Å². The van der Waals surface area contributed by atoms with Crippen molar-refractivity contribution >= 4 is 5.78 Å². The van der Waals surface area contributed by atoms with E-state index in [1.165, 1.54) is 6.26 Å². The molecule has 11 heavy (non-hydrogen) atoms. The molecule has 1 aromatic heterocycles. The molecule has 1 aromatic rings. The summed E-state index contributed by atoms with van der Waals surface area (Å²) < 4.78 is 5.01. The molecule has 0 aliphatic heterocycles. The van der Waals surface area contributed by atoms with Gasteiger partial charge in [-0.3, -0.25) is 4.79 Å². The van der Waals surface area contributed by atoms with Gasteiger partial charge in [-0.1, -0.05) is 6.92 Å². The fourth-order valence-electron chi connectivity index (χ4n) is 0.961. The van der Waals surface area contributed by atoms with E-state index in [1.807, 2.05) is 13.8 Å². The Morgan fingerprint density at radius 2 is 2.36 bits per heavy atom. The minimum atomic E-state index is 0.171. The summed E-state index contributed by atoms with van der Waals surface area (Å²) in [5.41, 5.74) is 0.698. The lowest BCUT2D eigenvalue weighted by atomic mass is 10.1. The quantitative estimate of drug-likeness (QED) is 0.623. The molecular formula is C9H12O2. The van der Waals surface area contributed by atoms with Crippen molar-refractivity contribution in [2.24, 2.45) is 0 Å². The van der Waals surface area contributed by atoms with Gasteiger partial charge in [-0.2, -0.15) is 0 Å². The largest absolute Gasteiger partial charge is 0.469 e. The van der Waals surface area contributed by atoms with E-state index in [2.05, 4.69) is 0 Å². The number of carbonyl (C=O) groups excluding carboxylic acids is 1. The zero-order chi connectivity index (χ0) is 8.27. The third kappa shape index (κ3) is 1.93. The number of Topliss-reactive ketones (excluding diaryl/α,β-unsaturated/α-hetero) is 1. The highest BCUT2D eigenvalue weighted by molar-refractivity contribution is 5.95. The Morgan fingerprint density at radius 1 is 1.64 bits per heavy atom. The van der Waals surface area contributed by atoms with Gasteiger partial charge < -0.3 is 4.42 Å². The summed E-state index contributed by atoms with van der Waals surface area (Å²) in [4.78, 5) is 11.2. The van der Waals surface area contributed by atoms with Crippen LogP contribution < -0.4 is 0 Å². The summed E-state index contributed by atoms with van der Waals surface area (Å²) in [6.45, 7) is 3.83. The second kappa shape index (κ2) is 3.37. The van der Waals surface area contributed by atoms with E-state index in [1.54, 1.807) is 6.07 Å². The van der Waals surface area contributed by atoms with E-state index in [9.17, 15) is 4.79 Å². The Morgan fingerprint density at radius 3 is 2.82 bits per heavy atom. The maximum absolute atomic E-state index is 11.2. The molecule has 2 heteroatoms. The lowest BCUT2D eigenvalue weighted by Gasteiger charge is -1.90. The van der Waals surface area contributed by atoms with Crippen LogP contribution in [0.4, 0.5) is 0 Å². The molecular weight excluding hydrogens is 140 g/mol. The second-order valence-electron chi connectivity index (χ2n) is 2.62. The van der Waals surface area contributed by atoms with Crippen LogP contribution in [0.1, 0.15) is 35.9 Å². The first-order chi connectivity index (χ1) is 5.24. The number of hydrogen-bond donors (Lipinski definition) is 0. The van der Waals surface area contributed by atoms with Gasteiger partial charge in [-0.25, -0.2) is 0 Å². The smallest absolute Gasteiger partial charge is 0.166 e. The summed E-state index contributed by atoms with van der Waals surface area (Å²) in [6, 6.07) is 1.78. The fraction of sp³-hybridized carbons (Fsp3) is 0.444. The minimum Gasteiger partial charge on any atom is -0.469 e. The molecule has 0 aliphatic rings. The minimum absolute atomic E-state index is 0.171. The fourth-order valence-corrected chi connectivity index (χ4v) is 0.961. The number of ketones is 1. The van der Waals surface area contributed by atoms with Gasteiger partial charge >= 0.3 is 0 Å². The molecule has 0 spiro atoms. The van der Waals surface area contributed by atoms with E-state index < -0.39 is 0 Å². The Hall–Kier alpha value is -1.05. The van der Waals surface area contributed by atoms with Crippen LogP contribution in [0.5, 0.6) is 0 Å². The normalized spacial score (nSPS) is 10.0. The molecule has 1 heterocycles. The summed E-state index contributed by atoms with van der Waals surface area (Å²) in [5, 5.41) is 0. The Bertz CT molecular complexity index is 248. The monoisotopic (exact) mass is 152 g/mol. The summed E-state index contributed by atoms with van der Waals surface area (Å²) in [6.07, 6.45) is 3.02. The maximum atomic E-state index is 11.2. The molecule has 0 saturated carbocycles.